The number of nitrogens with zero attached hydrogens (tertiary/aromatic N) is 5. The maximum absolute atomic E-state index is 3.99. The summed E-state index contributed by atoms with van der Waals surface area (Å²) in [5.41, 5.74) is 2.52. The highest BCUT2D eigenvalue weighted by atomic mass is 15.6. The lowest BCUT2D eigenvalue weighted by Gasteiger charge is -2.04. The van der Waals surface area contributed by atoms with Crippen molar-refractivity contribution in [2.45, 2.75) is 33.5 Å². The third-order valence-corrected chi connectivity index (χ3v) is 3.48. The van der Waals surface area contributed by atoms with Crippen LogP contribution < -0.4 is 5.32 Å². The molecule has 1 aromatic carbocycles. The standard InChI is InChI=1S/C14H18N6/c1-3-19-10-11(12-7-5-6-8-13(12)19)9-15-14-16-17-18-20(14)4-2/h5-8,10H,3-4,9H2,1-2H3,(H,15,16,18). The van der Waals surface area contributed by atoms with Gasteiger partial charge in [-0.3, -0.25) is 0 Å². The van der Waals surface area contributed by atoms with E-state index in [1.54, 1.807) is 4.68 Å². The van der Waals surface area contributed by atoms with Gasteiger partial charge in [-0.1, -0.05) is 23.3 Å². The lowest BCUT2D eigenvalue weighted by molar-refractivity contribution is 0.629. The topological polar surface area (TPSA) is 60.6 Å². The Kier molecular flexibility index (Phi) is 3.37. The van der Waals surface area contributed by atoms with E-state index in [0.717, 1.165) is 13.1 Å². The number of para-hydroxylation sites is 1. The normalized spacial score (nSPS) is 11.1. The van der Waals surface area contributed by atoms with Crippen LogP contribution >= 0.6 is 0 Å². The highest BCUT2D eigenvalue weighted by Crippen LogP contribution is 2.21. The highest BCUT2D eigenvalue weighted by Gasteiger charge is 2.09. The molecule has 6 nitrogen and oxygen atoms in total. The quantitative estimate of drug-likeness (QED) is 0.772. The van der Waals surface area contributed by atoms with Gasteiger partial charge in [-0.2, -0.15) is 0 Å². The summed E-state index contributed by atoms with van der Waals surface area (Å²) >= 11 is 0. The Labute approximate surface area is 117 Å². The van der Waals surface area contributed by atoms with Gasteiger partial charge < -0.3 is 9.88 Å². The van der Waals surface area contributed by atoms with E-state index in [1.807, 2.05) is 6.92 Å². The Balaban J connectivity index is 1.88. The van der Waals surface area contributed by atoms with Crippen LogP contribution in [0.4, 0.5) is 5.95 Å². The van der Waals surface area contributed by atoms with Gasteiger partial charge in [0.15, 0.2) is 0 Å². The molecule has 0 saturated heterocycles. The highest BCUT2D eigenvalue weighted by molar-refractivity contribution is 5.84. The van der Waals surface area contributed by atoms with E-state index in [1.165, 1.54) is 16.5 Å². The Bertz CT molecular complexity index is 711. The molecule has 104 valence electrons. The molecule has 2 heterocycles. The minimum absolute atomic E-state index is 0.709. The first-order valence-corrected chi connectivity index (χ1v) is 6.90. The molecule has 0 aliphatic carbocycles. The molecule has 0 spiro atoms. The maximum Gasteiger partial charge on any atom is 0.243 e. The number of hydrogen-bond donors (Lipinski definition) is 1. The average Bonchev–Trinajstić information content (AvgIpc) is 3.09. The zero-order chi connectivity index (χ0) is 13.9. The summed E-state index contributed by atoms with van der Waals surface area (Å²) in [6.07, 6.45) is 2.19. The summed E-state index contributed by atoms with van der Waals surface area (Å²) in [6.45, 7) is 6.61. The van der Waals surface area contributed by atoms with E-state index in [2.05, 4.69) is 62.8 Å². The van der Waals surface area contributed by atoms with Crippen LogP contribution in [0, 0.1) is 0 Å². The second kappa shape index (κ2) is 5.32. The van der Waals surface area contributed by atoms with Crippen molar-refractivity contribution in [3.63, 3.8) is 0 Å². The van der Waals surface area contributed by atoms with Gasteiger partial charge in [0.1, 0.15) is 0 Å². The first-order chi connectivity index (χ1) is 9.83. The third-order valence-electron chi connectivity index (χ3n) is 3.48. The van der Waals surface area contributed by atoms with E-state index < -0.39 is 0 Å². The van der Waals surface area contributed by atoms with E-state index in [0.29, 0.717) is 12.5 Å². The molecule has 0 amide bonds. The molecule has 20 heavy (non-hydrogen) atoms. The second-order valence-corrected chi connectivity index (χ2v) is 4.63. The minimum Gasteiger partial charge on any atom is -0.349 e. The lowest BCUT2D eigenvalue weighted by atomic mass is 10.2. The molecule has 6 heteroatoms. The van der Waals surface area contributed by atoms with Crippen molar-refractivity contribution in [2.24, 2.45) is 0 Å². The number of benzene rings is 1. The van der Waals surface area contributed by atoms with Crippen LogP contribution in [0.3, 0.4) is 0 Å². The molecular formula is C14H18N6. The summed E-state index contributed by atoms with van der Waals surface area (Å²) in [7, 11) is 0. The number of tetrazole rings is 1. The summed E-state index contributed by atoms with van der Waals surface area (Å²) in [5, 5.41) is 16.2. The van der Waals surface area contributed by atoms with Crippen LogP contribution in [0.25, 0.3) is 10.9 Å². The van der Waals surface area contributed by atoms with E-state index in [9.17, 15) is 0 Å². The number of hydrogen-bond acceptors (Lipinski definition) is 4. The molecule has 0 saturated carbocycles. The predicted molar refractivity (Wildman–Crippen MR) is 78.4 cm³/mol. The van der Waals surface area contributed by atoms with Crippen molar-refractivity contribution >= 4 is 16.9 Å². The predicted octanol–water partition coefficient (Wildman–Crippen LogP) is 2.28. The van der Waals surface area contributed by atoms with Crippen molar-refractivity contribution in [1.82, 2.24) is 24.8 Å². The largest absolute Gasteiger partial charge is 0.349 e. The van der Waals surface area contributed by atoms with Gasteiger partial charge in [-0.15, -0.1) is 0 Å². The summed E-state index contributed by atoms with van der Waals surface area (Å²) in [6, 6.07) is 8.45. The molecule has 2 aromatic heterocycles. The van der Waals surface area contributed by atoms with Crippen LogP contribution in [-0.2, 0) is 19.6 Å². The van der Waals surface area contributed by atoms with Gasteiger partial charge in [0.25, 0.3) is 0 Å². The van der Waals surface area contributed by atoms with Crippen LogP contribution in [0.15, 0.2) is 30.5 Å². The Morgan fingerprint density at radius 2 is 2.00 bits per heavy atom. The third kappa shape index (κ3) is 2.13. The average molecular weight is 270 g/mol. The fraction of sp³-hybridized carbons (Fsp3) is 0.357. The van der Waals surface area contributed by atoms with Gasteiger partial charge in [0.2, 0.25) is 5.95 Å². The minimum atomic E-state index is 0.709. The number of anilines is 1. The van der Waals surface area contributed by atoms with Crippen molar-refractivity contribution in [3.8, 4) is 0 Å². The first-order valence-electron chi connectivity index (χ1n) is 6.90. The van der Waals surface area contributed by atoms with Crippen molar-refractivity contribution in [2.75, 3.05) is 5.32 Å². The zero-order valence-corrected chi connectivity index (χ0v) is 11.7. The monoisotopic (exact) mass is 270 g/mol. The number of aryl methyl sites for hydroxylation is 2. The summed E-state index contributed by atoms with van der Waals surface area (Å²) < 4.78 is 4.01. The first kappa shape index (κ1) is 12.7. The molecule has 1 N–H and O–H groups in total. The SMILES string of the molecule is CCn1nnnc1NCc1cn(CC)c2ccccc12. The van der Waals surface area contributed by atoms with E-state index in [-0.39, 0.29) is 0 Å². The van der Waals surface area contributed by atoms with Crippen molar-refractivity contribution in [3.05, 3.63) is 36.0 Å². The molecule has 0 bridgehead atoms. The Hall–Kier alpha value is -2.37. The van der Waals surface area contributed by atoms with Gasteiger partial charge in [-0.25, -0.2) is 4.68 Å². The molecule has 3 aromatic rings. The van der Waals surface area contributed by atoms with E-state index in [4.69, 9.17) is 0 Å². The van der Waals surface area contributed by atoms with Crippen molar-refractivity contribution in [1.29, 1.82) is 0 Å². The molecule has 0 aliphatic rings. The fourth-order valence-corrected chi connectivity index (χ4v) is 2.44. The number of nitrogens with one attached hydrogen (secondary N) is 1. The van der Waals surface area contributed by atoms with Crippen LogP contribution in [-0.4, -0.2) is 24.8 Å². The Morgan fingerprint density at radius 3 is 2.80 bits per heavy atom. The molecular weight excluding hydrogens is 252 g/mol. The van der Waals surface area contributed by atoms with Crippen LogP contribution in [0.2, 0.25) is 0 Å². The lowest BCUT2D eigenvalue weighted by Crippen LogP contribution is -2.07. The molecule has 0 radical (unpaired) electrons. The smallest absolute Gasteiger partial charge is 0.243 e. The molecule has 3 rings (SSSR count). The van der Waals surface area contributed by atoms with Gasteiger partial charge >= 0.3 is 0 Å². The molecule has 0 aliphatic heterocycles. The van der Waals surface area contributed by atoms with Gasteiger partial charge in [0.05, 0.1) is 0 Å². The van der Waals surface area contributed by atoms with Gasteiger partial charge in [-0.05, 0) is 35.9 Å². The zero-order valence-electron chi connectivity index (χ0n) is 11.7. The second-order valence-electron chi connectivity index (χ2n) is 4.63. The van der Waals surface area contributed by atoms with Crippen LogP contribution in [0.5, 0.6) is 0 Å². The fourth-order valence-electron chi connectivity index (χ4n) is 2.44. The molecule has 0 atom stereocenters. The molecule has 0 unspecified atom stereocenters. The van der Waals surface area contributed by atoms with E-state index >= 15 is 0 Å². The molecule has 0 fully saturated rings. The summed E-state index contributed by atoms with van der Waals surface area (Å²) in [5.74, 6) is 0.709. The Morgan fingerprint density at radius 1 is 1.15 bits per heavy atom. The number of aromatic nitrogens is 5. The van der Waals surface area contributed by atoms with Gasteiger partial charge in [0, 0.05) is 36.7 Å². The number of rotatable bonds is 5. The summed E-state index contributed by atoms with van der Waals surface area (Å²) in [4.78, 5) is 0. The number of fused-ring (bicyclic) bond motifs is 1. The van der Waals surface area contributed by atoms with Crippen molar-refractivity contribution < 1.29 is 0 Å². The van der Waals surface area contributed by atoms with Crippen LogP contribution in [0.1, 0.15) is 19.4 Å². The maximum atomic E-state index is 3.99.